The standard InChI is InChI=1S/C10H21NO/c1-3-7-11-9(4-8-12)10(2)5-6-10/h9,11-12H,3-8H2,1-2H3. The van der Waals surface area contributed by atoms with Crippen molar-refractivity contribution in [2.45, 2.75) is 45.6 Å². The van der Waals surface area contributed by atoms with Crippen molar-refractivity contribution in [2.24, 2.45) is 5.41 Å². The zero-order valence-corrected chi connectivity index (χ0v) is 8.27. The topological polar surface area (TPSA) is 32.3 Å². The summed E-state index contributed by atoms with van der Waals surface area (Å²) < 4.78 is 0. The van der Waals surface area contributed by atoms with Crippen molar-refractivity contribution in [3.63, 3.8) is 0 Å². The summed E-state index contributed by atoms with van der Waals surface area (Å²) in [6.45, 7) is 5.89. The van der Waals surface area contributed by atoms with Crippen LogP contribution in [0.2, 0.25) is 0 Å². The Labute approximate surface area is 75.4 Å². The van der Waals surface area contributed by atoms with Crippen LogP contribution in [0.1, 0.15) is 39.5 Å². The Morgan fingerprint density at radius 1 is 1.50 bits per heavy atom. The molecule has 1 saturated carbocycles. The van der Waals surface area contributed by atoms with Crippen LogP contribution in [0.25, 0.3) is 0 Å². The van der Waals surface area contributed by atoms with Gasteiger partial charge < -0.3 is 10.4 Å². The van der Waals surface area contributed by atoms with E-state index in [1.807, 2.05) is 0 Å². The third-order valence-corrected chi connectivity index (χ3v) is 2.94. The van der Waals surface area contributed by atoms with Gasteiger partial charge in [-0.3, -0.25) is 0 Å². The Hall–Kier alpha value is -0.0800. The van der Waals surface area contributed by atoms with Gasteiger partial charge in [0.2, 0.25) is 0 Å². The number of hydrogen-bond acceptors (Lipinski definition) is 2. The Morgan fingerprint density at radius 3 is 2.58 bits per heavy atom. The van der Waals surface area contributed by atoms with E-state index in [1.54, 1.807) is 0 Å². The highest BCUT2D eigenvalue weighted by Gasteiger charge is 2.43. The SMILES string of the molecule is CCCNC(CCO)C1(C)CC1. The minimum absolute atomic E-state index is 0.316. The lowest BCUT2D eigenvalue weighted by atomic mass is 9.96. The van der Waals surface area contributed by atoms with Crippen LogP contribution in [0, 0.1) is 5.41 Å². The predicted molar refractivity (Wildman–Crippen MR) is 51.1 cm³/mol. The van der Waals surface area contributed by atoms with Gasteiger partial charge in [0.15, 0.2) is 0 Å². The Bertz CT molecular complexity index is 132. The first-order chi connectivity index (χ1) is 5.73. The molecule has 2 heteroatoms. The van der Waals surface area contributed by atoms with Crippen LogP contribution >= 0.6 is 0 Å². The Balaban J connectivity index is 2.28. The van der Waals surface area contributed by atoms with Crippen molar-refractivity contribution < 1.29 is 5.11 Å². The Morgan fingerprint density at radius 2 is 2.17 bits per heavy atom. The monoisotopic (exact) mass is 171 g/mol. The average Bonchev–Trinajstić information content (AvgIpc) is 2.78. The number of aliphatic hydroxyl groups excluding tert-OH is 1. The van der Waals surface area contributed by atoms with Gasteiger partial charge in [0, 0.05) is 12.6 Å². The molecule has 1 aliphatic rings. The molecule has 1 atom stereocenters. The largest absolute Gasteiger partial charge is 0.396 e. The molecule has 1 unspecified atom stereocenters. The second-order valence-electron chi connectivity index (χ2n) is 4.17. The van der Waals surface area contributed by atoms with Crippen molar-refractivity contribution in [1.82, 2.24) is 5.32 Å². The highest BCUT2D eigenvalue weighted by molar-refractivity contribution is 4.98. The maximum absolute atomic E-state index is 8.89. The molecule has 0 aliphatic heterocycles. The van der Waals surface area contributed by atoms with Gasteiger partial charge in [-0.25, -0.2) is 0 Å². The van der Waals surface area contributed by atoms with Gasteiger partial charge in [-0.1, -0.05) is 13.8 Å². The molecule has 2 nitrogen and oxygen atoms in total. The summed E-state index contributed by atoms with van der Waals surface area (Å²) in [4.78, 5) is 0. The van der Waals surface area contributed by atoms with Crippen LogP contribution < -0.4 is 5.32 Å². The number of hydrogen-bond donors (Lipinski definition) is 2. The molecule has 0 bridgehead atoms. The average molecular weight is 171 g/mol. The maximum atomic E-state index is 8.89. The number of rotatable bonds is 6. The molecule has 0 aromatic heterocycles. The van der Waals surface area contributed by atoms with Crippen molar-refractivity contribution in [3.8, 4) is 0 Å². The highest BCUT2D eigenvalue weighted by Crippen LogP contribution is 2.48. The molecular formula is C10H21NO. The fourth-order valence-corrected chi connectivity index (χ4v) is 1.69. The van der Waals surface area contributed by atoms with E-state index in [9.17, 15) is 0 Å². The molecule has 0 aromatic carbocycles. The number of aliphatic hydroxyl groups is 1. The summed E-state index contributed by atoms with van der Waals surface area (Å²) in [5.74, 6) is 0. The van der Waals surface area contributed by atoms with E-state index in [-0.39, 0.29) is 0 Å². The third-order valence-electron chi connectivity index (χ3n) is 2.94. The molecule has 0 spiro atoms. The smallest absolute Gasteiger partial charge is 0.0446 e. The summed E-state index contributed by atoms with van der Waals surface area (Å²) in [5.41, 5.74) is 0.498. The zero-order valence-electron chi connectivity index (χ0n) is 8.27. The van der Waals surface area contributed by atoms with Crippen molar-refractivity contribution in [1.29, 1.82) is 0 Å². The lowest BCUT2D eigenvalue weighted by molar-refractivity contribution is 0.232. The van der Waals surface area contributed by atoms with Crippen molar-refractivity contribution in [2.75, 3.05) is 13.2 Å². The summed E-state index contributed by atoms with van der Waals surface area (Å²) in [7, 11) is 0. The van der Waals surface area contributed by atoms with E-state index in [2.05, 4.69) is 19.2 Å². The van der Waals surface area contributed by atoms with Crippen LogP contribution in [-0.4, -0.2) is 24.3 Å². The van der Waals surface area contributed by atoms with Crippen LogP contribution in [0.3, 0.4) is 0 Å². The maximum Gasteiger partial charge on any atom is 0.0446 e. The molecule has 2 N–H and O–H groups in total. The predicted octanol–water partition coefficient (Wildman–Crippen LogP) is 1.54. The quantitative estimate of drug-likeness (QED) is 0.635. The fourth-order valence-electron chi connectivity index (χ4n) is 1.69. The van der Waals surface area contributed by atoms with Crippen LogP contribution in [0.5, 0.6) is 0 Å². The third kappa shape index (κ3) is 2.46. The number of nitrogens with one attached hydrogen (secondary N) is 1. The lowest BCUT2D eigenvalue weighted by Gasteiger charge is -2.23. The molecular weight excluding hydrogens is 150 g/mol. The van der Waals surface area contributed by atoms with Gasteiger partial charge >= 0.3 is 0 Å². The van der Waals surface area contributed by atoms with Crippen LogP contribution in [-0.2, 0) is 0 Å². The van der Waals surface area contributed by atoms with E-state index in [4.69, 9.17) is 5.11 Å². The second kappa shape index (κ2) is 4.24. The van der Waals surface area contributed by atoms with Gasteiger partial charge in [-0.15, -0.1) is 0 Å². The normalized spacial score (nSPS) is 22.2. The zero-order chi connectivity index (χ0) is 9.03. The van der Waals surface area contributed by atoms with E-state index in [0.29, 0.717) is 18.1 Å². The summed E-state index contributed by atoms with van der Waals surface area (Å²) in [6.07, 6.45) is 4.75. The van der Waals surface area contributed by atoms with E-state index < -0.39 is 0 Å². The van der Waals surface area contributed by atoms with Gasteiger partial charge in [-0.05, 0) is 37.6 Å². The molecule has 0 aromatic rings. The first-order valence-corrected chi connectivity index (χ1v) is 5.07. The molecule has 0 radical (unpaired) electrons. The van der Waals surface area contributed by atoms with Gasteiger partial charge in [0.05, 0.1) is 0 Å². The van der Waals surface area contributed by atoms with Crippen molar-refractivity contribution in [3.05, 3.63) is 0 Å². The lowest BCUT2D eigenvalue weighted by Crippen LogP contribution is -2.37. The van der Waals surface area contributed by atoms with E-state index in [0.717, 1.165) is 13.0 Å². The molecule has 72 valence electrons. The molecule has 1 rings (SSSR count). The molecule has 1 aliphatic carbocycles. The first kappa shape index (κ1) is 10.0. The highest BCUT2D eigenvalue weighted by atomic mass is 16.3. The minimum atomic E-state index is 0.316. The van der Waals surface area contributed by atoms with Crippen molar-refractivity contribution >= 4 is 0 Å². The van der Waals surface area contributed by atoms with Crippen LogP contribution in [0.15, 0.2) is 0 Å². The summed E-state index contributed by atoms with van der Waals surface area (Å²) in [5, 5.41) is 12.4. The fraction of sp³-hybridized carbons (Fsp3) is 1.00. The second-order valence-corrected chi connectivity index (χ2v) is 4.17. The molecule has 12 heavy (non-hydrogen) atoms. The molecule has 1 fully saturated rings. The van der Waals surface area contributed by atoms with Gasteiger partial charge in [0.25, 0.3) is 0 Å². The minimum Gasteiger partial charge on any atom is -0.396 e. The summed E-state index contributed by atoms with van der Waals surface area (Å²) >= 11 is 0. The Kier molecular flexibility index (Phi) is 3.53. The van der Waals surface area contributed by atoms with Gasteiger partial charge in [0.1, 0.15) is 0 Å². The first-order valence-electron chi connectivity index (χ1n) is 5.07. The van der Waals surface area contributed by atoms with E-state index >= 15 is 0 Å². The molecule has 0 amide bonds. The van der Waals surface area contributed by atoms with E-state index in [1.165, 1.54) is 19.3 Å². The van der Waals surface area contributed by atoms with Crippen LogP contribution in [0.4, 0.5) is 0 Å². The summed E-state index contributed by atoms with van der Waals surface area (Å²) in [6, 6.07) is 0.544. The molecule has 0 saturated heterocycles. The molecule has 0 heterocycles. The van der Waals surface area contributed by atoms with Gasteiger partial charge in [-0.2, -0.15) is 0 Å².